The van der Waals surface area contributed by atoms with Crippen LogP contribution < -0.4 is 5.32 Å². The number of nitrogens with one attached hydrogen (secondary N) is 1. The normalized spacial score (nSPS) is 10.9. The lowest BCUT2D eigenvalue weighted by Gasteiger charge is -2.09. The molecule has 1 heterocycles. The van der Waals surface area contributed by atoms with Gasteiger partial charge in [-0.3, -0.25) is 4.79 Å². The molecule has 32 heavy (non-hydrogen) atoms. The molecule has 1 amide bonds. The van der Waals surface area contributed by atoms with Crippen LogP contribution in [0.25, 0.3) is 27.7 Å². The van der Waals surface area contributed by atoms with Crippen LogP contribution in [0.2, 0.25) is 0 Å². The first-order chi connectivity index (χ1) is 15.6. The zero-order chi connectivity index (χ0) is 22.1. The molecule has 0 saturated carbocycles. The van der Waals surface area contributed by atoms with Gasteiger partial charge in [0.25, 0.3) is 5.91 Å². The van der Waals surface area contributed by atoms with Gasteiger partial charge in [-0.2, -0.15) is 5.10 Å². The van der Waals surface area contributed by atoms with Crippen LogP contribution in [0, 0.1) is 13.8 Å². The number of hydrogen-bond acceptors (Lipinski definition) is 2. The first-order valence-electron chi connectivity index (χ1n) is 10.6. The smallest absolute Gasteiger partial charge is 0.276 e. The zero-order valence-corrected chi connectivity index (χ0v) is 18.0. The van der Waals surface area contributed by atoms with Gasteiger partial charge < -0.3 is 5.32 Å². The molecule has 0 aliphatic rings. The number of carbonyl (C=O) groups is 1. The van der Waals surface area contributed by atoms with Crippen LogP contribution >= 0.6 is 0 Å². The lowest BCUT2D eigenvalue weighted by molar-refractivity contribution is 0.102. The summed E-state index contributed by atoms with van der Waals surface area (Å²) in [5.74, 6) is -0.229. The van der Waals surface area contributed by atoms with E-state index >= 15 is 0 Å². The van der Waals surface area contributed by atoms with Crippen LogP contribution in [0.5, 0.6) is 0 Å². The van der Waals surface area contributed by atoms with E-state index in [4.69, 9.17) is 5.10 Å². The van der Waals surface area contributed by atoms with Gasteiger partial charge in [-0.25, -0.2) is 4.68 Å². The Kier molecular flexibility index (Phi) is 5.04. The molecule has 4 aromatic carbocycles. The lowest BCUT2D eigenvalue weighted by Crippen LogP contribution is -2.14. The quantitative estimate of drug-likeness (QED) is 0.360. The lowest BCUT2D eigenvalue weighted by atomic mass is 10.0. The standard InChI is InChI=1S/C28H23N3O/c1-19-8-7-12-24(16-19)31-27(23-15-14-21-10-4-5-11-22(21)17-23)18-26(30-31)28(32)29-25-13-6-3-9-20(25)2/h3-18H,1-2H3,(H,29,32). The molecule has 4 nitrogen and oxygen atoms in total. The van der Waals surface area contributed by atoms with Crippen molar-refractivity contribution >= 4 is 22.4 Å². The van der Waals surface area contributed by atoms with Gasteiger partial charge in [-0.1, -0.05) is 66.7 Å². The zero-order valence-electron chi connectivity index (χ0n) is 18.0. The maximum Gasteiger partial charge on any atom is 0.276 e. The number of amides is 1. The minimum absolute atomic E-state index is 0.229. The Labute approximate surface area is 187 Å². The highest BCUT2D eigenvalue weighted by atomic mass is 16.2. The van der Waals surface area contributed by atoms with Crippen LogP contribution in [0.3, 0.4) is 0 Å². The molecule has 4 heteroatoms. The third-order valence-electron chi connectivity index (χ3n) is 5.63. The van der Waals surface area contributed by atoms with Crippen LogP contribution in [0.4, 0.5) is 5.69 Å². The van der Waals surface area contributed by atoms with Crippen molar-refractivity contribution in [2.75, 3.05) is 5.32 Å². The van der Waals surface area contributed by atoms with Gasteiger partial charge in [0, 0.05) is 11.3 Å². The third-order valence-corrected chi connectivity index (χ3v) is 5.63. The number of fused-ring (bicyclic) bond motifs is 1. The van der Waals surface area contributed by atoms with E-state index in [2.05, 4.69) is 54.7 Å². The average molecular weight is 418 g/mol. The number of benzene rings is 4. The van der Waals surface area contributed by atoms with E-state index in [9.17, 15) is 4.79 Å². The molecule has 0 aliphatic heterocycles. The Morgan fingerprint density at radius 2 is 1.56 bits per heavy atom. The van der Waals surface area contributed by atoms with Crippen molar-refractivity contribution in [3.63, 3.8) is 0 Å². The second kappa shape index (κ2) is 8.16. The van der Waals surface area contributed by atoms with Gasteiger partial charge in [-0.05, 0) is 66.1 Å². The summed E-state index contributed by atoms with van der Waals surface area (Å²) in [5, 5.41) is 10.0. The van der Waals surface area contributed by atoms with Gasteiger partial charge >= 0.3 is 0 Å². The fourth-order valence-corrected chi connectivity index (χ4v) is 3.90. The number of nitrogens with zero attached hydrogens (tertiary/aromatic N) is 2. The highest BCUT2D eigenvalue weighted by Gasteiger charge is 2.18. The fourth-order valence-electron chi connectivity index (χ4n) is 3.90. The Morgan fingerprint density at radius 3 is 2.38 bits per heavy atom. The molecule has 156 valence electrons. The minimum atomic E-state index is -0.229. The van der Waals surface area contributed by atoms with E-state index in [1.54, 1.807) is 0 Å². The molecule has 5 aromatic rings. The van der Waals surface area contributed by atoms with Crippen molar-refractivity contribution in [1.29, 1.82) is 0 Å². The molecule has 0 unspecified atom stereocenters. The molecule has 0 radical (unpaired) electrons. The fraction of sp³-hybridized carbons (Fsp3) is 0.0714. The van der Waals surface area contributed by atoms with Crippen LogP contribution in [0.1, 0.15) is 21.6 Å². The Balaban J connectivity index is 1.62. The molecule has 0 aliphatic carbocycles. The molecule has 5 rings (SSSR count). The molecular formula is C28H23N3O. The van der Waals surface area contributed by atoms with E-state index in [1.807, 2.05) is 66.2 Å². The number of hydrogen-bond donors (Lipinski definition) is 1. The molecule has 0 bridgehead atoms. The Morgan fingerprint density at radius 1 is 0.781 bits per heavy atom. The van der Waals surface area contributed by atoms with Gasteiger partial charge in [0.2, 0.25) is 0 Å². The largest absolute Gasteiger partial charge is 0.320 e. The summed E-state index contributed by atoms with van der Waals surface area (Å²) in [6.07, 6.45) is 0. The van der Waals surface area contributed by atoms with Gasteiger partial charge in [0.1, 0.15) is 0 Å². The second-order valence-electron chi connectivity index (χ2n) is 8.00. The van der Waals surface area contributed by atoms with Crippen LogP contribution in [-0.4, -0.2) is 15.7 Å². The van der Waals surface area contributed by atoms with Crippen LogP contribution in [-0.2, 0) is 0 Å². The number of anilines is 1. The first-order valence-corrected chi connectivity index (χ1v) is 10.6. The monoisotopic (exact) mass is 417 g/mol. The van der Waals surface area contributed by atoms with Gasteiger partial charge in [-0.15, -0.1) is 0 Å². The number of aryl methyl sites for hydroxylation is 2. The SMILES string of the molecule is Cc1cccc(-n2nc(C(=O)Nc3ccccc3C)cc2-c2ccc3ccccc3c2)c1. The topological polar surface area (TPSA) is 46.9 Å². The molecular weight excluding hydrogens is 394 g/mol. The first kappa shape index (κ1) is 19.8. The maximum absolute atomic E-state index is 13.1. The van der Waals surface area contributed by atoms with E-state index < -0.39 is 0 Å². The Bertz CT molecular complexity index is 1450. The average Bonchev–Trinajstić information content (AvgIpc) is 3.26. The summed E-state index contributed by atoms with van der Waals surface area (Å²) in [6, 6.07) is 32.3. The molecule has 0 saturated heterocycles. The van der Waals surface area contributed by atoms with Crippen LogP contribution in [0.15, 0.2) is 97.1 Å². The van der Waals surface area contributed by atoms with E-state index in [0.29, 0.717) is 5.69 Å². The molecule has 1 N–H and O–H groups in total. The summed E-state index contributed by atoms with van der Waals surface area (Å²) < 4.78 is 1.85. The molecule has 1 aromatic heterocycles. The summed E-state index contributed by atoms with van der Waals surface area (Å²) >= 11 is 0. The number of rotatable bonds is 4. The summed E-state index contributed by atoms with van der Waals surface area (Å²) in [6.45, 7) is 4.02. The summed E-state index contributed by atoms with van der Waals surface area (Å²) in [4.78, 5) is 13.1. The predicted molar refractivity (Wildman–Crippen MR) is 130 cm³/mol. The van der Waals surface area contributed by atoms with E-state index in [-0.39, 0.29) is 5.91 Å². The third kappa shape index (κ3) is 3.79. The Hall–Kier alpha value is -4.18. The minimum Gasteiger partial charge on any atom is -0.320 e. The second-order valence-corrected chi connectivity index (χ2v) is 8.00. The van der Waals surface area contributed by atoms with E-state index in [0.717, 1.165) is 39.1 Å². The van der Waals surface area contributed by atoms with Crippen molar-refractivity contribution in [2.45, 2.75) is 13.8 Å². The van der Waals surface area contributed by atoms with Crippen molar-refractivity contribution in [1.82, 2.24) is 9.78 Å². The summed E-state index contributed by atoms with van der Waals surface area (Å²) in [5.41, 5.74) is 6.10. The maximum atomic E-state index is 13.1. The van der Waals surface area contributed by atoms with Crippen molar-refractivity contribution in [3.8, 4) is 16.9 Å². The number of aromatic nitrogens is 2. The number of para-hydroxylation sites is 1. The number of carbonyl (C=O) groups excluding carboxylic acids is 1. The van der Waals surface area contributed by atoms with Gasteiger partial charge in [0.05, 0.1) is 11.4 Å². The van der Waals surface area contributed by atoms with Gasteiger partial charge in [0.15, 0.2) is 5.69 Å². The highest BCUT2D eigenvalue weighted by molar-refractivity contribution is 6.04. The summed E-state index contributed by atoms with van der Waals surface area (Å²) in [7, 11) is 0. The highest BCUT2D eigenvalue weighted by Crippen LogP contribution is 2.28. The van der Waals surface area contributed by atoms with Crippen molar-refractivity contribution in [2.24, 2.45) is 0 Å². The predicted octanol–water partition coefficient (Wildman–Crippen LogP) is 6.56. The molecule has 0 fully saturated rings. The van der Waals surface area contributed by atoms with E-state index in [1.165, 1.54) is 5.39 Å². The molecule has 0 spiro atoms. The van der Waals surface area contributed by atoms with Crippen molar-refractivity contribution in [3.05, 3.63) is 114 Å². The van der Waals surface area contributed by atoms with Crippen molar-refractivity contribution < 1.29 is 4.79 Å². The molecule has 0 atom stereocenters.